The summed E-state index contributed by atoms with van der Waals surface area (Å²) in [5.41, 5.74) is 2.41. The largest absolute Gasteiger partial charge is 0.328 e. The minimum atomic E-state index is 0.779. The fourth-order valence-electron chi connectivity index (χ4n) is 2.60. The molecule has 0 spiro atoms. The number of hydrogen-bond acceptors (Lipinski definition) is 1. The number of aryl methyl sites for hydroxylation is 1. The molecule has 2 heteroatoms. The topological polar surface area (TPSA) is 17.8 Å². The van der Waals surface area contributed by atoms with Crippen LogP contribution in [0.1, 0.15) is 45.4 Å². The highest BCUT2D eigenvalue weighted by molar-refractivity contribution is 5.75. The second-order valence-electron chi connectivity index (χ2n) is 5.17. The van der Waals surface area contributed by atoms with E-state index in [2.05, 4.69) is 54.6 Å². The maximum Gasteiger partial charge on any atom is 0.106 e. The number of aromatic nitrogens is 2. The van der Waals surface area contributed by atoms with Gasteiger partial charge in [-0.2, -0.15) is 0 Å². The van der Waals surface area contributed by atoms with Crippen molar-refractivity contribution in [2.24, 2.45) is 5.92 Å². The van der Waals surface area contributed by atoms with Gasteiger partial charge in [0.1, 0.15) is 5.82 Å². The van der Waals surface area contributed by atoms with Crippen molar-refractivity contribution in [3.05, 3.63) is 30.1 Å². The Balaban J connectivity index is 2.21. The van der Waals surface area contributed by atoms with Crippen LogP contribution in [-0.4, -0.2) is 9.55 Å². The molecule has 0 radical (unpaired) electrons. The molecule has 0 fully saturated rings. The van der Waals surface area contributed by atoms with Gasteiger partial charge < -0.3 is 4.57 Å². The minimum Gasteiger partial charge on any atom is -0.328 e. The summed E-state index contributed by atoms with van der Waals surface area (Å²) in [4.78, 5) is 4.64. The molecular weight excluding hydrogens is 220 g/mol. The Labute approximate surface area is 110 Å². The average Bonchev–Trinajstić information content (AvgIpc) is 2.70. The molecule has 2 aromatic rings. The molecule has 0 aliphatic carbocycles. The summed E-state index contributed by atoms with van der Waals surface area (Å²) in [6.45, 7) is 7.80. The Morgan fingerprint density at radius 3 is 2.72 bits per heavy atom. The first-order chi connectivity index (χ1) is 8.76. The van der Waals surface area contributed by atoms with Crippen LogP contribution in [0.3, 0.4) is 0 Å². The summed E-state index contributed by atoms with van der Waals surface area (Å²) in [6, 6.07) is 8.45. The lowest BCUT2D eigenvalue weighted by Crippen LogP contribution is -2.11. The molecule has 2 nitrogen and oxygen atoms in total. The number of para-hydroxylation sites is 2. The van der Waals surface area contributed by atoms with E-state index in [1.54, 1.807) is 0 Å². The lowest BCUT2D eigenvalue weighted by molar-refractivity contribution is 0.392. The molecule has 0 amide bonds. The SMILES string of the molecule is CCCCC(CC)Cn1c(C)nc2ccccc21. The van der Waals surface area contributed by atoms with Gasteiger partial charge in [0, 0.05) is 6.54 Å². The zero-order valence-corrected chi connectivity index (χ0v) is 11.8. The van der Waals surface area contributed by atoms with Crippen molar-refractivity contribution in [3.63, 3.8) is 0 Å². The zero-order valence-electron chi connectivity index (χ0n) is 11.8. The van der Waals surface area contributed by atoms with Crippen molar-refractivity contribution in [2.45, 2.75) is 53.0 Å². The monoisotopic (exact) mass is 244 g/mol. The number of hydrogen-bond donors (Lipinski definition) is 0. The number of nitrogens with zero attached hydrogens (tertiary/aromatic N) is 2. The predicted octanol–water partition coefficient (Wildman–Crippen LogP) is 4.56. The molecule has 1 heterocycles. The van der Waals surface area contributed by atoms with Gasteiger partial charge in [-0.05, 0) is 31.4 Å². The van der Waals surface area contributed by atoms with E-state index in [1.165, 1.54) is 31.2 Å². The Hall–Kier alpha value is -1.31. The van der Waals surface area contributed by atoms with Crippen LogP contribution < -0.4 is 0 Å². The van der Waals surface area contributed by atoms with Crippen LogP contribution in [0.25, 0.3) is 11.0 Å². The lowest BCUT2D eigenvalue weighted by Gasteiger charge is -2.17. The smallest absolute Gasteiger partial charge is 0.106 e. The third-order valence-electron chi connectivity index (χ3n) is 3.83. The van der Waals surface area contributed by atoms with Crippen molar-refractivity contribution in [2.75, 3.05) is 0 Å². The average molecular weight is 244 g/mol. The van der Waals surface area contributed by atoms with Gasteiger partial charge in [-0.3, -0.25) is 0 Å². The number of imidazole rings is 1. The maximum absolute atomic E-state index is 4.64. The predicted molar refractivity (Wildman–Crippen MR) is 77.8 cm³/mol. The summed E-state index contributed by atoms with van der Waals surface area (Å²) < 4.78 is 2.39. The van der Waals surface area contributed by atoms with E-state index in [1.807, 2.05) is 0 Å². The first kappa shape index (κ1) is 13.1. The lowest BCUT2D eigenvalue weighted by atomic mass is 9.99. The van der Waals surface area contributed by atoms with E-state index in [0.29, 0.717) is 0 Å². The van der Waals surface area contributed by atoms with Crippen molar-refractivity contribution >= 4 is 11.0 Å². The molecule has 1 unspecified atom stereocenters. The second kappa shape index (κ2) is 6.03. The highest BCUT2D eigenvalue weighted by Crippen LogP contribution is 2.21. The van der Waals surface area contributed by atoms with Crippen LogP contribution in [0.2, 0.25) is 0 Å². The Kier molecular flexibility index (Phi) is 4.40. The number of rotatable bonds is 6. The first-order valence-corrected chi connectivity index (χ1v) is 7.18. The molecule has 0 aliphatic rings. The maximum atomic E-state index is 4.64. The van der Waals surface area contributed by atoms with E-state index in [-0.39, 0.29) is 0 Å². The fourth-order valence-corrected chi connectivity index (χ4v) is 2.60. The van der Waals surface area contributed by atoms with Crippen LogP contribution in [0.15, 0.2) is 24.3 Å². The second-order valence-corrected chi connectivity index (χ2v) is 5.17. The molecular formula is C16H24N2. The molecule has 0 bridgehead atoms. The van der Waals surface area contributed by atoms with Gasteiger partial charge in [0.2, 0.25) is 0 Å². The van der Waals surface area contributed by atoms with Crippen LogP contribution in [0.5, 0.6) is 0 Å². The van der Waals surface area contributed by atoms with Gasteiger partial charge in [0.05, 0.1) is 11.0 Å². The zero-order chi connectivity index (χ0) is 13.0. The van der Waals surface area contributed by atoms with E-state index in [9.17, 15) is 0 Å². The molecule has 0 saturated carbocycles. The molecule has 1 aromatic carbocycles. The van der Waals surface area contributed by atoms with Gasteiger partial charge in [0.25, 0.3) is 0 Å². The molecule has 1 aromatic heterocycles. The van der Waals surface area contributed by atoms with Crippen molar-refractivity contribution in [1.82, 2.24) is 9.55 Å². The van der Waals surface area contributed by atoms with Gasteiger partial charge in [0.15, 0.2) is 0 Å². The molecule has 98 valence electrons. The van der Waals surface area contributed by atoms with Crippen molar-refractivity contribution in [3.8, 4) is 0 Å². The Morgan fingerprint density at radius 2 is 2.00 bits per heavy atom. The Bertz CT molecular complexity index is 499. The fraction of sp³-hybridized carbons (Fsp3) is 0.562. The van der Waals surface area contributed by atoms with Crippen LogP contribution in [0.4, 0.5) is 0 Å². The minimum absolute atomic E-state index is 0.779. The van der Waals surface area contributed by atoms with E-state index < -0.39 is 0 Å². The van der Waals surface area contributed by atoms with E-state index in [0.717, 1.165) is 23.8 Å². The third kappa shape index (κ3) is 2.74. The summed E-state index contributed by atoms with van der Waals surface area (Å²) in [7, 11) is 0. The molecule has 0 N–H and O–H groups in total. The van der Waals surface area contributed by atoms with E-state index in [4.69, 9.17) is 0 Å². The van der Waals surface area contributed by atoms with Gasteiger partial charge in [-0.1, -0.05) is 45.2 Å². The molecule has 0 saturated heterocycles. The van der Waals surface area contributed by atoms with Crippen LogP contribution >= 0.6 is 0 Å². The first-order valence-electron chi connectivity index (χ1n) is 7.18. The van der Waals surface area contributed by atoms with Gasteiger partial charge >= 0.3 is 0 Å². The van der Waals surface area contributed by atoms with Gasteiger partial charge in [-0.15, -0.1) is 0 Å². The molecule has 0 aliphatic heterocycles. The summed E-state index contributed by atoms with van der Waals surface area (Å²) in [5.74, 6) is 1.92. The van der Waals surface area contributed by atoms with Crippen molar-refractivity contribution in [1.29, 1.82) is 0 Å². The number of benzene rings is 1. The highest BCUT2D eigenvalue weighted by atomic mass is 15.1. The van der Waals surface area contributed by atoms with E-state index >= 15 is 0 Å². The normalized spacial score (nSPS) is 13.1. The highest BCUT2D eigenvalue weighted by Gasteiger charge is 2.11. The third-order valence-corrected chi connectivity index (χ3v) is 3.83. The standard InChI is InChI=1S/C16H24N2/c1-4-6-9-14(5-2)12-18-13(3)17-15-10-7-8-11-16(15)18/h7-8,10-11,14H,4-6,9,12H2,1-3H3. The molecule has 1 atom stereocenters. The number of unbranched alkanes of at least 4 members (excludes halogenated alkanes) is 1. The van der Waals surface area contributed by atoms with Crippen LogP contribution in [0, 0.1) is 12.8 Å². The van der Waals surface area contributed by atoms with Crippen LogP contribution in [-0.2, 0) is 6.54 Å². The molecule has 18 heavy (non-hydrogen) atoms. The van der Waals surface area contributed by atoms with Gasteiger partial charge in [-0.25, -0.2) is 4.98 Å². The summed E-state index contributed by atoms with van der Waals surface area (Å²) in [5, 5.41) is 0. The summed E-state index contributed by atoms with van der Waals surface area (Å²) >= 11 is 0. The Morgan fingerprint density at radius 1 is 1.22 bits per heavy atom. The molecule has 2 rings (SSSR count). The summed E-state index contributed by atoms with van der Waals surface area (Å²) in [6.07, 6.45) is 5.22. The van der Waals surface area contributed by atoms with Crippen molar-refractivity contribution < 1.29 is 0 Å². The number of fused-ring (bicyclic) bond motifs is 1. The quantitative estimate of drug-likeness (QED) is 0.728.